The van der Waals surface area contributed by atoms with Gasteiger partial charge in [0.25, 0.3) is 0 Å². The van der Waals surface area contributed by atoms with E-state index in [1.54, 1.807) is 12.1 Å². The van der Waals surface area contributed by atoms with Gasteiger partial charge in [0.1, 0.15) is 12.2 Å². The summed E-state index contributed by atoms with van der Waals surface area (Å²) in [6, 6.07) is 13.6. The van der Waals surface area contributed by atoms with Crippen LogP contribution >= 0.6 is 11.6 Å². The van der Waals surface area contributed by atoms with E-state index in [1.807, 2.05) is 37.3 Å². The molecule has 0 radical (unpaired) electrons. The topological polar surface area (TPSA) is 69.9 Å². The maximum atomic E-state index is 10.3. The van der Waals surface area contributed by atoms with Crippen molar-refractivity contribution in [3.05, 3.63) is 76.3 Å². The molecule has 1 aliphatic heterocycles. The third-order valence-corrected chi connectivity index (χ3v) is 5.36. The predicted molar refractivity (Wildman–Crippen MR) is 107 cm³/mol. The Labute approximate surface area is 164 Å². The smallest absolute Gasteiger partial charge is 0.111 e. The fourth-order valence-corrected chi connectivity index (χ4v) is 3.57. The van der Waals surface area contributed by atoms with Crippen LogP contribution in [0.3, 0.4) is 0 Å². The third-order valence-electron chi connectivity index (χ3n) is 4.99. The molecular weight excluding hydrogens is 364 g/mol. The van der Waals surface area contributed by atoms with E-state index in [0.29, 0.717) is 11.4 Å². The van der Waals surface area contributed by atoms with Crippen LogP contribution in [0.5, 0.6) is 0 Å². The molecule has 0 saturated carbocycles. The van der Waals surface area contributed by atoms with Crippen molar-refractivity contribution in [1.29, 1.82) is 0 Å². The first kappa shape index (κ1) is 20.1. The lowest BCUT2D eigenvalue weighted by atomic mass is 9.91. The van der Waals surface area contributed by atoms with Gasteiger partial charge in [-0.25, -0.2) is 0 Å². The predicted octanol–water partition coefficient (Wildman–Crippen LogP) is 3.51. The zero-order valence-electron chi connectivity index (χ0n) is 15.3. The summed E-state index contributed by atoms with van der Waals surface area (Å²) in [4.78, 5) is 0. The number of halogens is 1. The number of aliphatic hydroxyl groups is 3. The largest absolute Gasteiger partial charge is 0.394 e. The van der Waals surface area contributed by atoms with Gasteiger partial charge in [-0.2, -0.15) is 0 Å². The van der Waals surface area contributed by atoms with Gasteiger partial charge in [0.2, 0.25) is 0 Å². The Morgan fingerprint density at radius 2 is 1.89 bits per heavy atom. The van der Waals surface area contributed by atoms with Crippen LogP contribution in [-0.4, -0.2) is 40.2 Å². The molecule has 0 spiro atoms. The van der Waals surface area contributed by atoms with Gasteiger partial charge in [-0.1, -0.05) is 60.2 Å². The van der Waals surface area contributed by atoms with Crippen LogP contribution < -0.4 is 0 Å². The summed E-state index contributed by atoms with van der Waals surface area (Å²) in [5.74, 6) is 0. The van der Waals surface area contributed by atoms with E-state index < -0.39 is 24.4 Å². The van der Waals surface area contributed by atoms with E-state index in [4.69, 9.17) is 16.3 Å². The molecule has 3 N–H and O–H groups in total. The summed E-state index contributed by atoms with van der Waals surface area (Å²) in [6.45, 7) is 5.72. The van der Waals surface area contributed by atoms with Crippen LogP contribution in [0.25, 0.3) is 5.57 Å². The van der Waals surface area contributed by atoms with Gasteiger partial charge >= 0.3 is 0 Å². The zero-order chi connectivity index (χ0) is 19.6. The van der Waals surface area contributed by atoms with E-state index in [2.05, 4.69) is 6.58 Å². The number of rotatable bonds is 5. The van der Waals surface area contributed by atoms with E-state index in [1.165, 1.54) is 0 Å². The van der Waals surface area contributed by atoms with Crippen molar-refractivity contribution in [3.63, 3.8) is 0 Å². The Morgan fingerprint density at radius 1 is 1.19 bits per heavy atom. The van der Waals surface area contributed by atoms with Crippen molar-refractivity contribution in [2.24, 2.45) is 0 Å². The molecule has 4 nitrogen and oxygen atoms in total. The van der Waals surface area contributed by atoms with Gasteiger partial charge in [-0.05, 0) is 41.7 Å². The Hall–Kier alpha value is -1.69. The van der Waals surface area contributed by atoms with Crippen molar-refractivity contribution < 1.29 is 20.1 Å². The maximum absolute atomic E-state index is 10.3. The van der Waals surface area contributed by atoms with Gasteiger partial charge in [-0.3, -0.25) is 0 Å². The first-order valence-corrected chi connectivity index (χ1v) is 9.42. The Bertz CT molecular complexity index is 802. The zero-order valence-corrected chi connectivity index (χ0v) is 16.1. The number of allylic oxidation sites excluding steroid dienone is 1. The molecule has 1 fully saturated rings. The van der Waals surface area contributed by atoms with Crippen LogP contribution in [0.2, 0.25) is 5.02 Å². The van der Waals surface area contributed by atoms with Gasteiger partial charge in [0.15, 0.2) is 0 Å². The Morgan fingerprint density at radius 3 is 2.52 bits per heavy atom. The normalized spacial score (nSPS) is 25.4. The molecule has 2 aromatic carbocycles. The third kappa shape index (κ3) is 4.60. The Kier molecular flexibility index (Phi) is 6.35. The Balaban J connectivity index is 1.84. The standard InChI is InChI=1S/C22H25ClO4/c1-13(2)15-5-3-14(4-6-15)9-17-10-16(7-8-19(17)23)22-21(26)20(25)11-18(12-24)27-22/h3-8,10,18,20-22,24-26H,1,9,11-12H2,2H3. The van der Waals surface area contributed by atoms with Crippen LogP contribution in [0.1, 0.15) is 41.7 Å². The molecule has 1 heterocycles. The number of ether oxygens (including phenoxy) is 1. The fraction of sp³-hybridized carbons (Fsp3) is 0.364. The summed E-state index contributed by atoms with van der Waals surface area (Å²) < 4.78 is 5.78. The summed E-state index contributed by atoms with van der Waals surface area (Å²) in [7, 11) is 0. The molecule has 0 amide bonds. The molecule has 27 heavy (non-hydrogen) atoms. The SMILES string of the molecule is C=C(C)c1ccc(Cc2cc(C3OC(CO)CC(O)C3O)ccc2Cl)cc1. The molecule has 0 aromatic heterocycles. The lowest BCUT2D eigenvalue weighted by molar-refractivity contribution is -0.179. The lowest BCUT2D eigenvalue weighted by Gasteiger charge is -2.37. The van der Waals surface area contributed by atoms with E-state index >= 15 is 0 Å². The minimum absolute atomic E-state index is 0.199. The molecule has 0 bridgehead atoms. The molecule has 4 atom stereocenters. The number of hydrogen-bond acceptors (Lipinski definition) is 4. The summed E-state index contributed by atoms with van der Waals surface area (Å²) in [6.07, 6.45) is -2.33. The number of benzene rings is 2. The van der Waals surface area contributed by atoms with Crippen molar-refractivity contribution in [1.82, 2.24) is 0 Å². The van der Waals surface area contributed by atoms with E-state index in [9.17, 15) is 15.3 Å². The fourth-order valence-electron chi connectivity index (χ4n) is 3.38. The van der Waals surface area contributed by atoms with Crippen molar-refractivity contribution in [3.8, 4) is 0 Å². The second kappa shape index (κ2) is 8.55. The van der Waals surface area contributed by atoms with Crippen molar-refractivity contribution >= 4 is 17.2 Å². The first-order valence-electron chi connectivity index (χ1n) is 9.04. The van der Waals surface area contributed by atoms with Crippen LogP contribution in [-0.2, 0) is 11.2 Å². The minimum atomic E-state index is -1.04. The summed E-state index contributed by atoms with van der Waals surface area (Å²) >= 11 is 6.38. The van der Waals surface area contributed by atoms with Crippen molar-refractivity contribution in [2.45, 2.75) is 44.2 Å². The molecular formula is C22H25ClO4. The lowest BCUT2D eigenvalue weighted by Crippen LogP contribution is -2.44. The van der Waals surface area contributed by atoms with Gasteiger partial charge in [0, 0.05) is 11.4 Å². The average molecular weight is 389 g/mol. The summed E-state index contributed by atoms with van der Waals surface area (Å²) in [5.41, 5.74) is 4.87. The number of hydrogen-bond donors (Lipinski definition) is 3. The highest BCUT2D eigenvalue weighted by atomic mass is 35.5. The maximum Gasteiger partial charge on any atom is 0.111 e. The van der Waals surface area contributed by atoms with Crippen LogP contribution in [0.4, 0.5) is 0 Å². The van der Waals surface area contributed by atoms with Crippen LogP contribution in [0, 0.1) is 0 Å². The van der Waals surface area contributed by atoms with Crippen molar-refractivity contribution in [2.75, 3.05) is 6.61 Å². The highest BCUT2D eigenvalue weighted by Gasteiger charge is 2.37. The highest BCUT2D eigenvalue weighted by Crippen LogP contribution is 2.34. The molecule has 0 aliphatic carbocycles. The van der Waals surface area contributed by atoms with Gasteiger partial charge < -0.3 is 20.1 Å². The molecule has 3 rings (SSSR count). The van der Waals surface area contributed by atoms with E-state index in [-0.39, 0.29) is 13.0 Å². The molecule has 2 aromatic rings. The van der Waals surface area contributed by atoms with Gasteiger partial charge in [-0.15, -0.1) is 0 Å². The van der Waals surface area contributed by atoms with Gasteiger partial charge in [0.05, 0.1) is 18.8 Å². The second-order valence-corrected chi connectivity index (χ2v) is 7.57. The molecule has 4 unspecified atom stereocenters. The quantitative estimate of drug-likeness (QED) is 0.733. The molecule has 144 valence electrons. The highest BCUT2D eigenvalue weighted by molar-refractivity contribution is 6.31. The second-order valence-electron chi connectivity index (χ2n) is 7.16. The van der Waals surface area contributed by atoms with E-state index in [0.717, 1.165) is 27.8 Å². The molecule has 1 saturated heterocycles. The molecule has 1 aliphatic rings. The minimum Gasteiger partial charge on any atom is -0.394 e. The molecule has 5 heteroatoms. The average Bonchev–Trinajstić information content (AvgIpc) is 2.66. The monoisotopic (exact) mass is 388 g/mol. The summed E-state index contributed by atoms with van der Waals surface area (Å²) in [5, 5.41) is 30.4. The first-order chi connectivity index (χ1) is 12.9. The van der Waals surface area contributed by atoms with Crippen LogP contribution in [0.15, 0.2) is 49.0 Å². The number of aliphatic hydroxyl groups excluding tert-OH is 3.